The van der Waals surface area contributed by atoms with Gasteiger partial charge in [0.1, 0.15) is 6.21 Å². The number of hydrogen-bond donors (Lipinski definition) is 0. The van der Waals surface area contributed by atoms with E-state index < -0.39 is 0 Å². The van der Waals surface area contributed by atoms with Crippen LogP contribution in [0.5, 0.6) is 5.75 Å². The van der Waals surface area contributed by atoms with E-state index in [4.69, 9.17) is 4.84 Å². The van der Waals surface area contributed by atoms with Gasteiger partial charge in [0, 0.05) is 23.1 Å². The van der Waals surface area contributed by atoms with Crippen LogP contribution in [0, 0.1) is 0 Å². The number of benzene rings is 1. The number of amidine groups is 1. The van der Waals surface area contributed by atoms with Crippen LogP contribution in [-0.2, 0) is 0 Å². The number of fused-ring (bicyclic) bond motifs is 2. The summed E-state index contributed by atoms with van der Waals surface area (Å²) in [6.07, 6.45) is 5.02. The fourth-order valence-electron chi connectivity index (χ4n) is 2.26. The molecule has 0 amide bonds. The molecule has 0 fully saturated rings. The molecule has 93 valence electrons. The second kappa shape index (κ2) is 4.28. The Morgan fingerprint density at radius 2 is 2.26 bits per heavy atom. The van der Waals surface area contributed by atoms with Gasteiger partial charge >= 0.3 is 0 Å². The molecule has 19 heavy (non-hydrogen) atoms. The molecule has 0 spiro atoms. The van der Waals surface area contributed by atoms with E-state index in [0.29, 0.717) is 0 Å². The van der Waals surface area contributed by atoms with Gasteiger partial charge in [0.05, 0.1) is 12.2 Å². The average Bonchev–Trinajstić information content (AvgIpc) is 2.96. The van der Waals surface area contributed by atoms with Gasteiger partial charge in [-0.3, -0.25) is 4.99 Å². The van der Waals surface area contributed by atoms with Gasteiger partial charge in [0.15, 0.2) is 10.9 Å². The topological polar surface area (TPSA) is 37.2 Å². The van der Waals surface area contributed by atoms with Crippen LogP contribution in [0.1, 0.15) is 5.56 Å². The molecule has 0 saturated heterocycles. The first-order valence-corrected chi connectivity index (χ1v) is 6.93. The average molecular weight is 268 g/mol. The maximum Gasteiger partial charge on any atom is 0.168 e. The highest BCUT2D eigenvalue weighted by Gasteiger charge is 2.28. The highest BCUT2D eigenvalue weighted by molar-refractivity contribution is 8.16. The maximum atomic E-state index is 5.33. The predicted molar refractivity (Wildman–Crippen MR) is 77.2 cm³/mol. The van der Waals surface area contributed by atoms with Crippen molar-refractivity contribution in [3.8, 4) is 5.75 Å². The molecule has 4 rings (SSSR count). The molecule has 3 aliphatic heterocycles. The van der Waals surface area contributed by atoms with Crippen LogP contribution in [0.2, 0.25) is 0 Å². The normalized spacial score (nSPS) is 20.0. The van der Waals surface area contributed by atoms with Gasteiger partial charge in [0.25, 0.3) is 0 Å². The Morgan fingerprint density at radius 1 is 1.32 bits per heavy atom. The van der Waals surface area contributed by atoms with Crippen molar-refractivity contribution in [1.82, 2.24) is 4.90 Å². The smallest absolute Gasteiger partial charge is 0.168 e. The monoisotopic (exact) mass is 268 g/mol. The Balaban J connectivity index is 1.76. The van der Waals surface area contributed by atoms with E-state index in [-0.39, 0.29) is 0 Å². The molecule has 1 aromatic rings. The molecule has 0 aromatic heterocycles. The summed E-state index contributed by atoms with van der Waals surface area (Å²) in [6, 6.07) is 7.84. The molecule has 1 aromatic carbocycles. The minimum absolute atomic E-state index is 0.756. The fraction of sp³-hybridized carbons (Fsp3) is 0.143. The highest BCUT2D eigenvalue weighted by atomic mass is 32.2. The second-order valence-electron chi connectivity index (χ2n) is 4.33. The predicted octanol–water partition coefficient (Wildman–Crippen LogP) is 2.59. The number of para-hydroxylation sites is 1. The lowest BCUT2D eigenvalue weighted by molar-refractivity contribution is 0.344. The van der Waals surface area contributed by atoms with Crippen molar-refractivity contribution >= 4 is 29.2 Å². The van der Waals surface area contributed by atoms with Crippen molar-refractivity contribution in [3.63, 3.8) is 0 Å². The van der Waals surface area contributed by atoms with Gasteiger partial charge < -0.3 is 9.74 Å². The first-order valence-electron chi connectivity index (χ1n) is 6.05. The van der Waals surface area contributed by atoms with Crippen molar-refractivity contribution in [2.45, 2.75) is 0 Å². The van der Waals surface area contributed by atoms with Gasteiger partial charge in [-0.1, -0.05) is 35.1 Å². The highest BCUT2D eigenvalue weighted by Crippen LogP contribution is 2.35. The van der Waals surface area contributed by atoms with Crippen LogP contribution in [0.15, 0.2) is 51.1 Å². The van der Waals surface area contributed by atoms with Gasteiger partial charge in [-0.25, -0.2) is 0 Å². The Morgan fingerprint density at radius 3 is 3.26 bits per heavy atom. The van der Waals surface area contributed by atoms with Crippen molar-refractivity contribution in [1.29, 1.82) is 0 Å². The summed E-state index contributed by atoms with van der Waals surface area (Å²) >= 11 is 1.65. The van der Waals surface area contributed by atoms with Crippen molar-refractivity contribution < 1.29 is 4.84 Å². The fourth-order valence-corrected chi connectivity index (χ4v) is 3.21. The molecular formula is C14H10N3OS. The SMILES string of the molecule is [C]1=NOc2ccccc2C=C1C1=CSC2=NCCN12. The first kappa shape index (κ1) is 10.9. The third-order valence-corrected chi connectivity index (χ3v) is 4.07. The number of hydrogen-bond acceptors (Lipinski definition) is 5. The minimum atomic E-state index is 0.756. The van der Waals surface area contributed by atoms with E-state index in [1.54, 1.807) is 11.8 Å². The Hall–Kier alpha value is -2.01. The van der Waals surface area contributed by atoms with Gasteiger partial charge in [0.2, 0.25) is 0 Å². The number of thioether (sulfide) groups is 1. The summed E-state index contributed by atoms with van der Waals surface area (Å²) in [5.74, 6) is 0.756. The largest absolute Gasteiger partial charge is 0.356 e. The summed E-state index contributed by atoms with van der Waals surface area (Å²) in [7, 11) is 0. The van der Waals surface area contributed by atoms with Crippen molar-refractivity contribution in [2.75, 3.05) is 13.1 Å². The zero-order valence-corrected chi connectivity index (χ0v) is 10.9. The molecular weight excluding hydrogens is 258 g/mol. The number of rotatable bonds is 1. The molecule has 1 radical (unpaired) electrons. The van der Waals surface area contributed by atoms with Crippen LogP contribution < -0.4 is 4.84 Å². The third kappa shape index (κ3) is 1.77. The molecule has 0 atom stereocenters. The molecule has 0 saturated carbocycles. The van der Waals surface area contributed by atoms with Gasteiger partial charge in [-0.05, 0) is 12.1 Å². The van der Waals surface area contributed by atoms with Crippen LogP contribution in [-0.4, -0.2) is 29.4 Å². The lowest BCUT2D eigenvalue weighted by Gasteiger charge is -2.16. The van der Waals surface area contributed by atoms with E-state index >= 15 is 0 Å². The van der Waals surface area contributed by atoms with Gasteiger partial charge in [-0.2, -0.15) is 0 Å². The Kier molecular flexibility index (Phi) is 2.45. The summed E-state index contributed by atoms with van der Waals surface area (Å²) < 4.78 is 0. The van der Waals surface area contributed by atoms with Crippen LogP contribution >= 0.6 is 11.8 Å². The summed E-state index contributed by atoms with van der Waals surface area (Å²) in [4.78, 5) is 12.0. The number of allylic oxidation sites excluding steroid dienone is 1. The lowest BCUT2D eigenvalue weighted by atomic mass is 10.1. The summed E-state index contributed by atoms with van der Waals surface area (Å²) in [5, 5.41) is 7.08. The summed E-state index contributed by atoms with van der Waals surface area (Å²) in [5.41, 5.74) is 3.05. The standard InChI is InChI=1S/C14H10N3OS/c1-2-4-13-10(3-1)7-11(8-16-18-13)12-9-19-14-15-5-6-17(12)14/h1-4,7,9H,5-6H2. The van der Waals surface area contributed by atoms with Crippen molar-refractivity contribution in [2.24, 2.45) is 10.1 Å². The van der Waals surface area contributed by atoms with Crippen molar-refractivity contribution in [3.05, 3.63) is 46.5 Å². The molecule has 4 nitrogen and oxygen atoms in total. The zero-order valence-electron chi connectivity index (χ0n) is 10.0. The molecule has 0 unspecified atom stereocenters. The number of aliphatic imine (C=N–C) groups is 1. The molecule has 3 aliphatic rings. The zero-order chi connectivity index (χ0) is 12.7. The van der Waals surface area contributed by atoms with E-state index in [1.165, 1.54) is 0 Å². The third-order valence-electron chi connectivity index (χ3n) is 3.17. The van der Waals surface area contributed by atoms with E-state index in [2.05, 4.69) is 32.7 Å². The molecule has 0 aliphatic carbocycles. The summed E-state index contributed by atoms with van der Waals surface area (Å²) in [6.45, 7) is 1.78. The Labute approximate surface area is 115 Å². The first-order chi connectivity index (χ1) is 9.42. The lowest BCUT2D eigenvalue weighted by Crippen LogP contribution is -2.22. The quantitative estimate of drug-likeness (QED) is 0.785. The van der Waals surface area contributed by atoms with E-state index in [1.807, 2.05) is 24.3 Å². The molecule has 3 heterocycles. The molecule has 5 heteroatoms. The van der Waals surface area contributed by atoms with E-state index in [0.717, 1.165) is 40.8 Å². The van der Waals surface area contributed by atoms with E-state index in [9.17, 15) is 0 Å². The van der Waals surface area contributed by atoms with Crippen LogP contribution in [0.25, 0.3) is 6.08 Å². The van der Waals surface area contributed by atoms with Crippen LogP contribution in [0.3, 0.4) is 0 Å². The molecule has 0 N–H and O–H groups in total. The molecule has 0 bridgehead atoms. The van der Waals surface area contributed by atoms with Crippen LogP contribution in [0.4, 0.5) is 0 Å². The maximum absolute atomic E-state index is 5.33. The number of nitrogens with zero attached hydrogens (tertiary/aromatic N) is 3. The second-order valence-corrected chi connectivity index (χ2v) is 5.16. The Bertz CT molecular complexity index is 660. The minimum Gasteiger partial charge on any atom is -0.356 e. The van der Waals surface area contributed by atoms with Gasteiger partial charge in [-0.15, -0.1) is 0 Å².